The van der Waals surface area contributed by atoms with Gasteiger partial charge in [-0.2, -0.15) is 5.10 Å². The van der Waals surface area contributed by atoms with Crippen LogP contribution in [0.1, 0.15) is 18.1 Å². The number of rotatable bonds is 1. The van der Waals surface area contributed by atoms with Crippen LogP contribution in [0.15, 0.2) is 24.5 Å². The summed E-state index contributed by atoms with van der Waals surface area (Å²) in [6.45, 7) is 4.28. The summed E-state index contributed by atoms with van der Waals surface area (Å²) >= 11 is 0. The lowest BCUT2D eigenvalue weighted by atomic mass is 10.1. The van der Waals surface area contributed by atoms with Crippen LogP contribution in [-0.2, 0) is 6.42 Å². The van der Waals surface area contributed by atoms with E-state index in [0.29, 0.717) is 0 Å². The fourth-order valence-electron chi connectivity index (χ4n) is 1.55. The van der Waals surface area contributed by atoms with Crippen LogP contribution in [0.25, 0.3) is 5.52 Å². The highest BCUT2D eigenvalue weighted by Gasteiger charge is 2.02. The Morgan fingerprint density at radius 2 is 2.33 bits per heavy atom. The Morgan fingerprint density at radius 1 is 1.50 bits per heavy atom. The van der Waals surface area contributed by atoms with E-state index in [2.05, 4.69) is 25.0 Å². The fourth-order valence-corrected chi connectivity index (χ4v) is 1.55. The summed E-state index contributed by atoms with van der Waals surface area (Å²) in [5, 5.41) is 4.27. The Balaban J connectivity index is 2.83. The quantitative estimate of drug-likeness (QED) is 0.625. The molecule has 0 bridgehead atoms. The van der Waals surface area contributed by atoms with Crippen molar-refractivity contribution in [1.82, 2.24) is 9.61 Å². The van der Waals surface area contributed by atoms with Gasteiger partial charge in [-0.3, -0.25) is 0 Å². The van der Waals surface area contributed by atoms with Crippen LogP contribution < -0.4 is 0 Å². The summed E-state index contributed by atoms with van der Waals surface area (Å²) < 4.78 is 1.94. The van der Waals surface area contributed by atoms with E-state index in [0.717, 1.165) is 6.42 Å². The zero-order chi connectivity index (χ0) is 8.55. The van der Waals surface area contributed by atoms with Gasteiger partial charge in [-0.25, -0.2) is 4.52 Å². The van der Waals surface area contributed by atoms with Crippen molar-refractivity contribution in [2.24, 2.45) is 0 Å². The Morgan fingerprint density at radius 3 is 3.08 bits per heavy atom. The molecule has 0 aromatic carbocycles. The number of pyridine rings is 1. The zero-order valence-corrected chi connectivity index (χ0v) is 7.41. The van der Waals surface area contributed by atoms with E-state index in [1.807, 2.05) is 23.0 Å². The second-order valence-corrected chi connectivity index (χ2v) is 3.01. The molecule has 2 aromatic rings. The van der Waals surface area contributed by atoms with E-state index in [4.69, 9.17) is 0 Å². The lowest BCUT2D eigenvalue weighted by Crippen LogP contribution is -1.88. The molecule has 0 saturated carbocycles. The third-order valence-electron chi connectivity index (χ3n) is 2.20. The summed E-state index contributed by atoms with van der Waals surface area (Å²) in [7, 11) is 0. The Hall–Kier alpha value is -1.31. The molecule has 12 heavy (non-hydrogen) atoms. The zero-order valence-electron chi connectivity index (χ0n) is 7.41. The standard InChI is InChI=1S/C10H12N2/c1-3-9-7-11-12-6-4-5-8(2)10(9)12/h4-7H,3H2,1-2H3. The first-order valence-corrected chi connectivity index (χ1v) is 4.24. The number of hydrogen-bond acceptors (Lipinski definition) is 1. The van der Waals surface area contributed by atoms with E-state index in [1.165, 1.54) is 16.6 Å². The molecule has 0 saturated heterocycles. The van der Waals surface area contributed by atoms with Crippen molar-refractivity contribution in [1.29, 1.82) is 0 Å². The Bertz CT molecular complexity index is 401. The van der Waals surface area contributed by atoms with Crippen molar-refractivity contribution >= 4 is 5.52 Å². The van der Waals surface area contributed by atoms with Gasteiger partial charge in [0.05, 0.1) is 11.7 Å². The largest absolute Gasteiger partial charge is 0.240 e. The molecule has 2 nitrogen and oxygen atoms in total. The van der Waals surface area contributed by atoms with Crippen LogP contribution >= 0.6 is 0 Å². The number of nitrogens with zero attached hydrogens (tertiary/aromatic N) is 2. The third-order valence-corrected chi connectivity index (χ3v) is 2.20. The lowest BCUT2D eigenvalue weighted by molar-refractivity contribution is 0.956. The van der Waals surface area contributed by atoms with Gasteiger partial charge in [0, 0.05) is 6.20 Å². The molecule has 0 atom stereocenters. The minimum atomic E-state index is 1.05. The molecule has 0 radical (unpaired) electrons. The SMILES string of the molecule is CCc1cnn2cccc(C)c12. The van der Waals surface area contributed by atoms with Gasteiger partial charge in [0.25, 0.3) is 0 Å². The fraction of sp³-hybridized carbons (Fsp3) is 0.300. The van der Waals surface area contributed by atoms with Gasteiger partial charge >= 0.3 is 0 Å². The molecule has 0 N–H and O–H groups in total. The van der Waals surface area contributed by atoms with Crippen molar-refractivity contribution in [3.63, 3.8) is 0 Å². The van der Waals surface area contributed by atoms with Crippen LogP contribution in [0.5, 0.6) is 0 Å². The molecule has 2 aromatic heterocycles. The number of hydrogen-bond donors (Lipinski definition) is 0. The van der Waals surface area contributed by atoms with E-state index in [-0.39, 0.29) is 0 Å². The first-order valence-electron chi connectivity index (χ1n) is 4.24. The van der Waals surface area contributed by atoms with Crippen LogP contribution in [-0.4, -0.2) is 9.61 Å². The summed E-state index contributed by atoms with van der Waals surface area (Å²) in [5.74, 6) is 0. The highest BCUT2D eigenvalue weighted by Crippen LogP contribution is 2.14. The minimum Gasteiger partial charge on any atom is -0.240 e. The predicted octanol–water partition coefficient (Wildman–Crippen LogP) is 2.21. The molecule has 0 aliphatic heterocycles. The predicted molar refractivity (Wildman–Crippen MR) is 49.3 cm³/mol. The summed E-state index contributed by atoms with van der Waals surface area (Å²) in [5.41, 5.74) is 3.89. The molecular weight excluding hydrogens is 148 g/mol. The van der Waals surface area contributed by atoms with Gasteiger partial charge in [-0.05, 0) is 30.5 Å². The molecule has 2 heterocycles. The highest BCUT2D eigenvalue weighted by molar-refractivity contribution is 5.59. The van der Waals surface area contributed by atoms with Crippen LogP contribution in [0.4, 0.5) is 0 Å². The normalized spacial score (nSPS) is 10.8. The maximum absolute atomic E-state index is 4.27. The van der Waals surface area contributed by atoms with E-state index >= 15 is 0 Å². The van der Waals surface area contributed by atoms with Gasteiger partial charge in [0.1, 0.15) is 0 Å². The van der Waals surface area contributed by atoms with Crippen molar-refractivity contribution in [3.05, 3.63) is 35.7 Å². The van der Waals surface area contributed by atoms with Crippen LogP contribution in [0, 0.1) is 6.92 Å². The molecule has 0 aliphatic rings. The molecule has 62 valence electrons. The lowest BCUT2D eigenvalue weighted by Gasteiger charge is -1.98. The topological polar surface area (TPSA) is 17.3 Å². The second-order valence-electron chi connectivity index (χ2n) is 3.01. The third kappa shape index (κ3) is 0.916. The highest BCUT2D eigenvalue weighted by atomic mass is 15.2. The van der Waals surface area contributed by atoms with E-state index in [9.17, 15) is 0 Å². The molecule has 2 heteroatoms. The molecule has 0 amide bonds. The summed E-state index contributed by atoms with van der Waals surface area (Å²) in [4.78, 5) is 0. The Labute approximate surface area is 71.8 Å². The molecule has 0 unspecified atom stereocenters. The van der Waals surface area contributed by atoms with Crippen molar-refractivity contribution in [2.75, 3.05) is 0 Å². The smallest absolute Gasteiger partial charge is 0.0722 e. The van der Waals surface area contributed by atoms with Crippen molar-refractivity contribution < 1.29 is 0 Å². The number of fused-ring (bicyclic) bond motifs is 1. The van der Waals surface area contributed by atoms with Gasteiger partial charge in [0.2, 0.25) is 0 Å². The Kier molecular flexibility index (Phi) is 1.61. The van der Waals surface area contributed by atoms with Crippen molar-refractivity contribution in [2.45, 2.75) is 20.3 Å². The maximum atomic E-state index is 4.27. The van der Waals surface area contributed by atoms with Crippen LogP contribution in [0.2, 0.25) is 0 Å². The monoisotopic (exact) mass is 160 g/mol. The van der Waals surface area contributed by atoms with Crippen molar-refractivity contribution in [3.8, 4) is 0 Å². The summed E-state index contributed by atoms with van der Waals surface area (Å²) in [6.07, 6.45) is 4.98. The number of aromatic nitrogens is 2. The average Bonchev–Trinajstić information content (AvgIpc) is 2.49. The number of aryl methyl sites for hydroxylation is 2. The molecule has 0 aliphatic carbocycles. The minimum absolute atomic E-state index is 1.05. The average molecular weight is 160 g/mol. The molecular formula is C10H12N2. The first-order chi connectivity index (χ1) is 5.83. The first kappa shape index (κ1) is 7.35. The van der Waals surface area contributed by atoms with E-state index in [1.54, 1.807) is 0 Å². The van der Waals surface area contributed by atoms with Gasteiger partial charge < -0.3 is 0 Å². The molecule has 0 fully saturated rings. The van der Waals surface area contributed by atoms with Gasteiger partial charge in [0.15, 0.2) is 0 Å². The van der Waals surface area contributed by atoms with Gasteiger partial charge in [-0.1, -0.05) is 13.0 Å². The molecule has 0 spiro atoms. The van der Waals surface area contributed by atoms with Gasteiger partial charge in [-0.15, -0.1) is 0 Å². The second kappa shape index (κ2) is 2.63. The maximum Gasteiger partial charge on any atom is 0.0722 e. The molecule has 2 rings (SSSR count). The van der Waals surface area contributed by atoms with E-state index < -0.39 is 0 Å². The van der Waals surface area contributed by atoms with Crippen LogP contribution in [0.3, 0.4) is 0 Å². The summed E-state index contributed by atoms with van der Waals surface area (Å²) in [6, 6.07) is 4.14.